The van der Waals surface area contributed by atoms with Crippen molar-refractivity contribution in [1.82, 2.24) is 20.2 Å². The van der Waals surface area contributed by atoms with Crippen molar-refractivity contribution in [2.75, 3.05) is 0 Å². The van der Waals surface area contributed by atoms with Crippen LogP contribution in [0.3, 0.4) is 0 Å². The van der Waals surface area contributed by atoms with Gasteiger partial charge in [-0.3, -0.25) is 19.5 Å². The van der Waals surface area contributed by atoms with Gasteiger partial charge in [0.1, 0.15) is 11.4 Å². The lowest BCUT2D eigenvalue weighted by Gasteiger charge is -2.56. The van der Waals surface area contributed by atoms with Gasteiger partial charge in [-0.25, -0.2) is 9.78 Å². The Bertz CT molecular complexity index is 1130. The van der Waals surface area contributed by atoms with Gasteiger partial charge in [-0.15, -0.1) is 11.3 Å². The molecular formula is C24H30N4O3S. The SMILES string of the molecule is CC1CCc2c(sc3ncn(CC(=O)NC(=O)NC45CC6CC(CC(C6)C4)C5)c(=O)c23)C1. The number of aromatic nitrogens is 2. The lowest BCUT2D eigenvalue weighted by Crippen LogP contribution is -2.62. The quantitative estimate of drug-likeness (QED) is 0.744. The third kappa shape index (κ3) is 3.47. The molecule has 0 aromatic carbocycles. The molecule has 32 heavy (non-hydrogen) atoms. The molecule has 1 unspecified atom stereocenters. The van der Waals surface area contributed by atoms with E-state index in [2.05, 4.69) is 22.5 Å². The molecule has 2 aromatic rings. The van der Waals surface area contributed by atoms with Crippen LogP contribution in [0.25, 0.3) is 10.2 Å². The van der Waals surface area contributed by atoms with Gasteiger partial charge in [0, 0.05) is 10.4 Å². The van der Waals surface area contributed by atoms with Crippen molar-refractivity contribution in [3.05, 3.63) is 27.1 Å². The standard InChI is InChI=1S/C24H30N4O3S/c1-13-2-3-17-18(4-13)32-21-20(17)22(30)28(12-25-21)11-19(29)26-23(31)27-24-8-14-5-15(9-24)7-16(6-14)10-24/h12-16H,2-11H2,1H3,(H2,26,27,29,31). The van der Waals surface area contributed by atoms with E-state index in [4.69, 9.17) is 0 Å². The smallest absolute Gasteiger partial charge is 0.321 e. The Morgan fingerprint density at radius 3 is 2.56 bits per heavy atom. The van der Waals surface area contributed by atoms with Crippen LogP contribution < -0.4 is 16.2 Å². The average molecular weight is 455 g/mol. The second-order valence-corrected chi connectivity index (χ2v) is 12.0. The van der Waals surface area contributed by atoms with Crippen molar-refractivity contribution in [1.29, 1.82) is 0 Å². The number of thiophene rings is 1. The number of hydrogen-bond acceptors (Lipinski definition) is 5. The van der Waals surface area contributed by atoms with Crippen LogP contribution in [0, 0.1) is 23.7 Å². The number of aryl methyl sites for hydroxylation is 1. The number of urea groups is 1. The first-order chi connectivity index (χ1) is 15.4. The maximum Gasteiger partial charge on any atom is 0.321 e. The van der Waals surface area contributed by atoms with Gasteiger partial charge in [0.2, 0.25) is 5.91 Å². The predicted octanol–water partition coefficient (Wildman–Crippen LogP) is 3.38. The van der Waals surface area contributed by atoms with Crippen molar-refractivity contribution >= 4 is 33.5 Å². The molecule has 8 heteroatoms. The largest absolute Gasteiger partial charge is 0.332 e. The Kier molecular flexibility index (Phi) is 4.72. The summed E-state index contributed by atoms with van der Waals surface area (Å²) >= 11 is 1.60. The average Bonchev–Trinajstić information content (AvgIpc) is 3.06. The fraction of sp³-hybridized carbons (Fsp3) is 0.667. The van der Waals surface area contributed by atoms with Crippen molar-refractivity contribution in [2.24, 2.45) is 23.7 Å². The first kappa shape index (κ1) is 20.4. The molecule has 0 aliphatic heterocycles. The minimum atomic E-state index is -0.479. The molecule has 0 spiro atoms. The predicted molar refractivity (Wildman–Crippen MR) is 123 cm³/mol. The molecule has 2 heterocycles. The van der Waals surface area contributed by atoms with Crippen molar-refractivity contribution in [2.45, 2.75) is 76.8 Å². The molecule has 4 saturated carbocycles. The highest BCUT2D eigenvalue weighted by atomic mass is 32.1. The van der Waals surface area contributed by atoms with E-state index in [0.717, 1.165) is 48.9 Å². The van der Waals surface area contributed by atoms with E-state index in [1.54, 1.807) is 11.3 Å². The van der Waals surface area contributed by atoms with Crippen LogP contribution in [-0.4, -0.2) is 27.0 Å². The Morgan fingerprint density at radius 1 is 1.19 bits per heavy atom. The van der Waals surface area contributed by atoms with E-state index in [0.29, 0.717) is 29.1 Å². The summed E-state index contributed by atoms with van der Waals surface area (Å²) in [4.78, 5) is 44.8. The van der Waals surface area contributed by atoms with Crippen LogP contribution in [0.2, 0.25) is 0 Å². The zero-order valence-electron chi connectivity index (χ0n) is 18.5. The number of nitrogens with one attached hydrogen (secondary N) is 2. The van der Waals surface area contributed by atoms with Gasteiger partial charge in [0.15, 0.2) is 0 Å². The Balaban J connectivity index is 1.15. The van der Waals surface area contributed by atoms with Crippen LogP contribution >= 0.6 is 11.3 Å². The zero-order chi connectivity index (χ0) is 22.0. The molecule has 3 amide bonds. The number of amides is 3. The first-order valence-corrected chi connectivity index (χ1v) is 12.8. The molecule has 2 N–H and O–H groups in total. The lowest BCUT2D eigenvalue weighted by molar-refractivity contribution is -0.120. The number of rotatable bonds is 3. The van der Waals surface area contributed by atoms with Gasteiger partial charge >= 0.3 is 6.03 Å². The molecule has 170 valence electrons. The van der Waals surface area contributed by atoms with E-state index in [-0.39, 0.29) is 17.6 Å². The minimum Gasteiger partial charge on any atom is -0.332 e. The fourth-order valence-electron chi connectivity index (χ4n) is 7.34. The number of carbonyl (C=O) groups is 2. The summed E-state index contributed by atoms with van der Waals surface area (Å²) in [6.45, 7) is 2.04. The lowest BCUT2D eigenvalue weighted by atomic mass is 9.53. The highest BCUT2D eigenvalue weighted by molar-refractivity contribution is 7.18. The third-order valence-corrected chi connectivity index (χ3v) is 9.43. The Morgan fingerprint density at radius 2 is 1.88 bits per heavy atom. The maximum atomic E-state index is 13.1. The highest BCUT2D eigenvalue weighted by Gasteiger charge is 2.51. The molecule has 0 radical (unpaired) electrons. The third-order valence-electron chi connectivity index (χ3n) is 8.27. The molecular weight excluding hydrogens is 424 g/mol. The molecule has 7 rings (SSSR count). The van der Waals surface area contributed by atoms with Crippen molar-refractivity contribution in [3.8, 4) is 0 Å². The Hall–Kier alpha value is -2.22. The van der Waals surface area contributed by atoms with Gasteiger partial charge in [-0.1, -0.05) is 6.92 Å². The summed E-state index contributed by atoms with van der Waals surface area (Å²) in [5, 5.41) is 6.28. The highest BCUT2D eigenvalue weighted by Crippen LogP contribution is 2.55. The van der Waals surface area contributed by atoms with Gasteiger partial charge in [-0.05, 0) is 87.0 Å². The second-order valence-electron chi connectivity index (χ2n) is 10.9. The van der Waals surface area contributed by atoms with Gasteiger partial charge in [0.25, 0.3) is 5.56 Å². The van der Waals surface area contributed by atoms with Crippen molar-refractivity contribution < 1.29 is 9.59 Å². The van der Waals surface area contributed by atoms with Crippen LogP contribution in [0.5, 0.6) is 0 Å². The van der Waals surface area contributed by atoms with Gasteiger partial charge < -0.3 is 5.32 Å². The van der Waals surface area contributed by atoms with Crippen LogP contribution in [0.1, 0.15) is 62.3 Å². The molecule has 4 bridgehead atoms. The number of imide groups is 1. The maximum absolute atomic E-state index is 13.1. The number of hydrogen-bond donors (Lipinski definition) is 2. The van der Waals surface area contributed by atoms with Crippen molar-refractivity contribution in [3.63, 3.8) is 0 Å². The summed E-state index contributed by atoms with van der Waals surface area (Å²) in [5.74, 6) is 2.29. The summed E-state index contributed by atoms with van der Waals surface area (Å²) in [7, 11) is 0. The molecule has 7 nitrogen and oxygen atoms in total. The number of nitrogens with zero attached hydrogens (tertiary/aromatic N) is 2. The fourth-order valence-corrected chi connectivity index (χ4v) is 8.68. The van der Waals surface area contributed by atoms with Crippen LogP contribution in [-0.2, 0) is 24.2 Å². The molecule has 5 aliphatic rings. The van der Waals surface area contributed by atoms with E-state index >= 15 is 0 Å². The van der Waals surface area contributed by atoms with Gasteiger partial charge in [0.05, 0.1) is 11.7 Å². The molecule has 2 aromatic heterocycles. The zero-order valence-corrected chi connectivity index (χ0v) is 19.3. The van der Waals surface area contributed by atoms with E-state index < -0.39 is 11.9 Å². The minimum absolute atomic E-state index is 0.150. The summed E-state index contributed by atoms with van der Waals surface area (Å²) < 4.78 is 1.33. The summed E-state index contributed by atoms with van der Waals surface area (Å²) in [5.41, 5.74) is 0.775. The van der Waals surface area contributed by atoms with E-state index in [1.807, 2.05) is 0 Å². The monoisotopic (exact) mass is 454 g/mol. The summed E-state index contributed by atoms with van der Waals surface area (Å²) in [6.07, 6.45) is 11.4. The molecule has 5 aliphatic carbocycles. The van der Waals surface area contributed by atoms with E-state index in [9.17, 15) is 14.4 Å². The Labute approximate surface area is 191 Å². The summed E-state index contributed by atoms with van der Waals surface area (Å²) in [6, 6.07) is -0.430. The number of carbonyl (C=O) groups excluding carboxylic acids is 2. The molecule has 4 fully saturated rings. The first-order valence-electron chi connectivity index (χ1n) is 12.0. The number of fused-ring (bicyclic) bond motifs is 3. The normalized spacial score (nSPS) is 32.7. The van der Waals surface area contributed by atoms with Crippen LogP contribution in [0.15, 0.2) is 11.1 Å². The molecule has 1 atom stereocenters. The second kappa shape index (κ2) is 7.40. The van der Waals surface area contributed by atoms with E-state index in [1.165, 1.54) is 35.0 Å². The van der Waals surface area contributed by atoms with Gasteiger partial charge in [-0.2, -0.15) is 0 Å². The molecule has 0 saturated heterocycles. The topological polar surface area (TPSA) is 93.1 Å². The van der Waals surface area contributed by atoms with Crippen LogP contribution in [0.4, 0.5) is 4.79 Å².